The Bertz CT molecular complexity index is 596. The van der Waals surface area contributed by atoms with E-state index in [0.29, 0.717) is 30.3 Å². The van der Waals surface area contributed by atoms with Crippen molar-refractivity contribution in [3.63, 3.8) is 0 Å². The molecule has 1 amide bonds. The Morgan fingerprint density at radius 3 is 2.62 bits per heavy atom. The summed E-state index contributed by atoms with van der Waals surface area (Å²) in [5.74, 6) is 2.69. The molecule has 2 aliphatic carbocycles. The van der Waals surface area contributed by atoms with Gasteiger partial charge in [0.25, 0.3) is 0 Å². The van der Waals surface area contributed by atoms with Crippen molar-refractivity contribution in [2.45, 2.75) is 50.6 Å². The Labute approximate surface area is 148 Å². The zero-order valence-electron chi connectivity index (χ0n) is 13.7. The van der Waals surface area contributed by atoms with Crippen LogP contribution in [0.2, 0.25) is 0 Å². The van der Waals surface area contributed by atoms with Gasteiger partial charge in [0.2, 0.25) is 12.7 Å². The first-order valence-corrected chi connectivity index (χ1v) is 8.62. The molecule has 0 spiro atoms. The standard InChI is InChI=1S/C18H24N2O3.ClH/c19-14-8-12-2-1-3-13(9-14)18(12)20-17(21)7-11-4-5-15-16(6-11)23-10-22-15;/h4-6,12-14,18H,1-3,7-10,19H2,(H,20,21);1H. The maximum absolute atomic E-state index is 12.5. The summed E-state index contributed by atoms with van der Waals surface area (Å²) in [7, 11) is 0. The predicted octanol–water partition coefficient (Wildman–Crippen LogP) is 2.40. The quantitative estimate of drug-likeness (QED) is 0.876. The van der Waals surface area contributed by atoms with Crippen molar-refractivity contribution in [1.82, 2.24) is 5.32 Å². The van der Waals surface area contributed by atoms with Crippen molar-refractivity contribution in [3.05, 3.63) is 23.8 Å². The van der Waals surface area contributed by atoms with Crippen molar-refractivity contribution in [2.75, 3.05) is 6.79 Å². The lowest BCUT2D eigenvalue weighted by atomic mass is 9.67. The van der Waals surface area contributed by atoms with Gasteiger partial charge in [0, 0.05) is 12.1 Å². The van der Waals surface area contributed by atoms with Crippen molar-refractivity contribution >= 4 is 18.3 Å². The summed E-state index contributed by atoms with van der Waals surface area (Å²) in [4.78, 5) is 12.5. The van der Waals surface area contributed by atoms with Crippen molar-refractivity contribution in [1.29, 1.82) is 0 Å². The van der Waals surface area contributed by atoms with E-state index in [2.05, 4.69) is 5.32 Å². The van der Waals surface area contributed by atoms with Crippen LogP contribution in [0.5, 0.6) is 11.5 Å². The zero-order valence-corrected chi connectivity index (χ0v) is 14.5. The third-order valence-electron chi connectivity index (χ3n) is 5.51. The molecule has 3 aliphatic rings. The van der Waals surface area contributed by atoms with Gasteiger partial charge in [-0.2, -0.15) is 0 Å². The smallest absolute Gasteiger partial charge is 0.231 e. The fraction of sp³-hybridized carbons (Fsp3) is 0.611. The van der Waals surface area contributed by atoms with Crippen molar-refractivity contribution in [2.24, 2.45) is 17.6 Å². The van der Waals surface area contributed by atoms with Gasteiger partial charge in [-0.25, -0.2) is 0 Å². The van der Waals surface area contributed by atoms with Crippen LogP contribution in [0.4, 0.5) is 0 Å². The molecule has 0 aromatic heterocycles. The van der Waals surface area contributed by atoms with Gasteiger partial charge in [0.15, 0.2) is 11.5 Å². The highest BCUT2D eigenvalue weighted by molar-refractivity contribution is 5.85. The molecule has 0 radical (unpaired) electrons. The Morgan fingerprint density at radius 2 is 1.88 bits per heavy atom. The largest absolute Gasteiger partial charge is 0.454 e. The Hall–Kier alpha value is -1.46. The molecule has 2 bridgehead atoms. The van der Waals surface area contributed by atoms with E-state index in [4.69, 9.17) is 15.2 Å². The molecule has 2 fully saturated rings. The van der Waals surface area contributed by atoms with Crippen LogP contribution < -0.4 is 20.5 Å². The lowest BCUT2D eigenvalue weighted by Gasteiger charge is -2.45. The molecular formula is C18H25ClN2O3. The van der Waals surface area contributed by atoms with Gasteiger partial charge in [0.1, 0.15) is 0 Å². The third kappa shape index (κ3) is 3.47. The van der Waals surface area contributed by atoms with Crippen LogP contribution in [0.25, 0.3) is 0 Å². The SMILES string of the molecule is Cl.NC1CC2CCCC(C1)C2NC(=O)Cc1ccc2c(c1)OCO2. The fourth-order valence-electron chi connectivity index (χ4n) is 4.50. The van der Waals surface area contributed by atoms with E-state index in [9.17, 15) is 4.79 Å². The van der Waals surface area contributed by atoms with Crippen molar-refractivity contribution < 1.29 is 14.3 Å². The van der Waals surface area contributed by atoms with Crippen LogP contribution in [-0.2, 0) is 11.2 Å². The summed E-state index contributed by atoms with van der Waals surface area (Å²) in [5.41, 5.74) is 7.12. The lowest BCUT2D eigenvalue weighted by molar-refractivity contribution is -0.122. The van der Waals surface area contributed by atoms with Gasteiger partial charge in [-0.1, -0.05) is 12.5 Å². The number of hydrogen-bond acceptors (Lipinski definition) is 4. The maximum Gasteiger partial charge on any atom is 0.231 e. The number of fused-ring (bicyclic) bond motifs is 3. The molecule has 1 aliphatic heterocycles. The second-order valence-corrected chi connectivity index (χ2v) is 7.14. The van der Waals surface area contributed by atoms with E-state index in [1.54, 1.807) is 0 Å². The summed E-state index contributed by atoms with van der Waals surface area (Å²) in [6.07, 6.45) is 6.14. The number of carbonyl (C=O) groups is 1. The molecule has 1 aromatic rings. The summed E-state index contributed by atoms with van der Waals surface area (Å²) >= 11 is 0. The highest BCUT2D eigenvalue weighted by Gasteiger charge is 2.39. The third-order valence-corrected chi connectivity index (χ3v) is 5.51. The number of nitrogens with one attached hydrogen (secondary N) is 1. The minimum atomic E-state index is 0. The van der Waals surface area contributed by atoms with E-state index in [1.165, 1.54) is 19.3 Å². The van der Waals surface area contributed by atoms with E-state index in [1.807, 2.05) is 18.2 Å². The number of hydrogen-bond donors (Lipinski definition) is 2. The van der Waals surface area contributed by atoms with Crippen LogP contribution in [-0.4, -0.2) is 24.8 Å². The van der Waals surface area contributed by atoms with E-state index in [-0.39, 0.29) is 25.1 Å². The van der Waals surface area contributed by atoms with Crippen LogP contribution in [0, 0.1) is 11.8 Å². The number of halogens is 1. The highest BCUT2D eigenvalue weighted by Crippen LogP contribution is 2.39. The second kappa shape index (κ2) is 7.19. The molecule has 4 rings (SSSR count). The Morgan fingerprint density at radius 1 is 1.17 bits per heavy atom. The van der Waals surface area contributed by atoms with Crippen molar-refractivity contribution in [3.8, 4) is 11.5 Å². The lowest BCUT2D eigenvalue weighted by Crippen LogP contribution is -2.54. The first-order valence-electron chi connectivity index (χ1n) is 8.62. The normalized spacial score (nSPS) is 30.4. The minimum absolute atomic E-state index is 0. The van der Waals surface area contributed by atoms with E-state index < -0.39 is 0 Å². The summed E-state index contributed by atoms with van der Waals surface area (Å²) in [5, 5.41) is 3.29. The van der Waals surface area contributed by atoms with Gasteiger partial charge in [-0.3, -0.25) is 4.79 Å². The molecule has 24 heavy (non-hydrogen) atoms. The van der Waals surface area contributed by atoms with E-state index >= 15 is 0 Å². The van der Waals surface area contributed by atoms with Gasteiger partial charge < -0.3 is 20.5 Å². The molecule has 132 valence electrons. The summed E-state index contributed by atoms with van der Waals surface area (Å²) < 4.78 is 10.7. The van der Waals surface area contributed by atoms with Crippen LogP contribution in [0.15, 0.2) is 18.2 Å². The van der Waals surface area contributed by atoms with Crippen LogP contribution >= 0.6 is 12.4 Å². The molecular weight excluding hydrogens is 328 g/mol. The average Bonchev–Trinajstić information content (AvgIpc) is 2.95. The molecule has 1 aromatic carbocycles. The first-order chi connectivity index (χ1) is 11.2. The van der Waals surface area contributed by atoms with Gasteiger partial charge in [-0.15, -0.1) is 12.4 Å². The van der Waals surface area contributed by atoms with Gasteiger partial charge in [0.05, 0.1) is 6.42 Å². The monoisotopic (exact) mass is 352 g/mol. The Balaban J connectivity index is 0.00000169. The van der Waals surface area contributed by atoms with Crippen LogP contribution in [0.1, 0.15) is 37.7 Å². The summed E-state index contributed by atoms with van der Waals surface area (Å²) in [6.45, 7) is 0.261. The molecule has 3 N–H and O–H groups in total. The molecule has 1 heterocycles. The fourth-order valence-corrected chi connectivity index (χ4v) is 4.50. The number of rotatable bonds is 3. The highest BCUT2D eigenvalue weighted by atomic mass is 35.5. The first kappa shape index (κ1) is 17.4. The maximum atomic E-state index is 12.5. The minimum Gasteiger partial charge on any atom is -0.454 e. The number of carbonyl (C=O) groups excluding carboxylic acids is 1. The van der Waals surface area contributed by atoms with Gasteiger partial charge >= 0.3 is 0 Å². The van der Waals surface area contributed by atoms with Gasteiger partial charge in [-0.05, 0) is 55.2 Å². The molecule has 2 saturated carbocycles. The van der Waals surface area contributed by atoms with Crippen LogP contribution in [0.3, 0.4) is 0 Å². The topological polar surface area (TPSA) is 73.6 Å². The predicted molar refractivity (Wildman–Crippen MR) is 93.5 cm³/mol. The summed E-state index contributed by atoms with van der Waals surface area (Å²) in [6, 6.07) is 6.33. The number of nitrogens with two attached hydrogens (primary N) is 1. The Kier molecular flexibility index (Phi) is 5.21. The molecule has 0 saturated heterocycles. The number of ether oxygens (including phenoxy) is 2. The zero-order chi connectivity index (χ0) is 15.8. The van der Waals surface area contributed by atoms with E-state index in [0.717, 1.165) is 29.9 Å². The average molecular weight is 353 g/mol. The number of benzene rings is 1. The molecule has 5 nitrogen and oxygen atoms in total. The second-order valence-electron chi connectivity index (χ2n) is 7.14. The number of amides is 1. The molecule has 6 heteroatoms. The molecule has 2 atom stereocenters. The molecule has 2 unspecified atom stereocenters.